The number of hydrogen-bond donors (Lipinski definition) is 0. The molecule has 0 spiro atoms. The zero-order valence-electron chi connectivity index (χ0n) is 10.1. The van der Waals surface area contributed by atoms with E-state index in [1.54, 1.807) is 0 Å². The molecule has 0 nitrogen and oxygen atoms in total. The Balaban J connectivity index is 2.45. The van der Waals surface area contributed by atoms with Crippen LogP contribution in [0.5, 0.6) is 0 Å². The molecular formula is C13H16BrF3S. The Hall–Kier alpha value is -0.160. The third-order valence-electron chi connectivity index (χ3n) is 2.78. The number of alkyl halides is 4. The van der Waals surface area contributed by atoms with Crippen LogP contribution in [0.15, 0.2) is 24.3 Å². The van der Waals surface area contributed by atoms with Crippen molar-refractivity contribution >= 4 is 27.7 Å². The standard InChI is InChI=1S/C13H16BrF3S/c1-10-4-2-3-5-12(10)8-11(9-14)6-7-18-13(15,16)17/h2-5,11H,6-9H2,1H3. The van der Waals surface area contributed by atoms with Crippen molar-refractivity contribution in [1.82, 2.24) is 0 Å². The summed E-state index contributed by atoms with van der Waals surface area (Å²) < 4.78 is 36.2. The van der Waals surface area contributed by atoms with Crippen LogP contribution in [0.2, 0.25) is 0 Å². The fourth-order valence-corrected chi connectivity index (χ4v) is 2.96. The zero-order valence-corrected chi connectivity index (χ0v) is 12.5. The first-order chi connectivity index (χ1) is 8.42. The van der Waals surface area contributed by atoms with Crippen molar-refractivity contribution in [2.45, 2.75) is 25.3 Å². The third kappa shape index (κ3) is 6.14. The van der Waals surface area contributed by atoms with Gasteiger partial charge in [-0.3, -0.25) is 0 Å². The zero-order chi connectivity index (χ0) is 13.6. The van der Waals surface area contributed by atoms with E-state index in [4.69, 9.17) is 0 Å². The molecule has 0 heterocycles. The molecule has 0 fully saturated rings. The first-order valence-corrected chi connectivity index (χ1v) is 7.84. The lowest BCUT2D eigenvalue weighted by molar-refractivity contribution is -0.0328. The summed E-state index contributed by atoms with van der Waals surface area (Å²) in [7, 11) is 0. The molecule has 0 bridgehead atoms. The second-order valence-electron chi connectivity index (χ2n) is 4.23. The summed E-state index contributed by atoms with van der Waals surface area (Å²) in [6.07, 6.45) is 1.40. The molecule has 0 N–H and O–H groups in total. The van der Waals surface area contributed by atoms with Crippen LogP contribution in [0.1, 0.15) is 17.5 Å². The molecule has 0 aliphatic heterocycles. The van der Waals surface area contributed by atoms with Gasteiger partial charge in [0.05, 0.1) is 0 Å². The lowest BCUT2D eigenvalue weighted by Gasteiger charge is -2.15. The first kappa shape index (κ1) is 15.9. The molecule has 18 heavy (non-hydrogen) atoms. The summed E-state index contributed by atoms with van der Waals surface area (Å²) in [4.78, 5) is 0. The highest BCUT2D eigenvalue weighted by molar-refractivity contribution is 9.09. The van der Waals surface area contributed by atoms with Gasteiger partial charge in [0.25, 0.3) is 0 Å². The lowest BCUT2D eigenvalue weighted by atomic mass is 9.96. The summed E-state index contributed by atoms with van der Waals surface area (Å²) in [6.45, 7) is 2.03. The van der Waals surface area contributed by atoms with Crippen molar-refractivity contribution in [3.63, 3.8) is 0 Å². The van der Waals surface area contributed by atoms with Gasteiger partial charge >= 0.3 is 5.51 Å². The van der Waals surface area contributed by atoms with Gasteiger partial charge in [-0.25, -0.2) is 0 Å². The maximum absolute atomic E-state index is 12.1. The molecule has 0 aliphatic carbocycles. The van der Waals surface area contributed by atoms with E-state index in [9.17, 15) is 13.2 Å². The van der Waals surface area contributed by atoms with Crippen molar-refractivity contribution < 1.29 is 13.2 Å². The van der Waals surface area contributed by atoms with Crippen LogP contribution in [-0.2, 0) is 6.42 Å². The smallest absolute Gasteiger partial charge is 0.160 e. The molecule has 1 atom stereocenters. The number of hydrogen-bond acceptors (Lipinski definition) is 1. The Kier molecular flexibility index (Phi) is 6.57. The van der Waals surface area contributed by atoms with E-state index in [0.29, 0.717) is 6.42 Å². The number of benzene rings is 1. The molecule has 5 heteroatoms. The van der Waals surface area contributed by atoms with E-state index in [0.717, 1.165) is 11.8 Å². The minimum Gasteiger partial charge on any atom is -0.160 e. The molecule has 0 aromatic heterocycles. The molecule has 1 aromatic rings. The molecule has 1 aromatic carbocycles. The van der Waals surface area contributed by atoms with Gasteiger partial charge in [0, 0.05) is 11.1 Å². The molecule has 102 valence electrons. The summed E-state index contributed by atoms with van der Waals surface area (Å²) in [5.74, 6) is 0.381. The second-order valence-corrected chi connectivity index (χ2v) is 6.04. The average molecular weight is 341 g/mol. The van der Waals surface area contributed by atoms with E-state index >= 15 is 0 Å². The topological polar surface area (TPSA) is 0 Å². The van der Waals surface area contributed by atoms with Crippen LogP contribution < -0.4 is 0 Å². The summed E-state index contributed by atoms with van der Waals surface area (Å²) in [6, 6.07) is 8.02. The maximum Gasteiger partial charge on any atom is 0.441 e. The highest BCUT2D eigenvalue weighted by Crippen LogP contribution is 2.32. The molecule has 0 saturated heterocycles. The van der Waals surface area contributed by atoms with Crippen molar-refractivity contribution in [2.24, 2.45) is 5.92 Å². The molecule has 0 aliphatic rings. The van der Waals surface area contributed by atoms with Crippen LogP contribution in [0.3, 0.4) is 0 Å². The van der Waals surface area contributed by atoms with Crippen molar-refractivity contribution in [3.05, 3.63) is 35.4 Å². The lowest BCUT2D eigenvalue weighted by Crippen LogP contribution is -2.10. The Bertz CT molecular complexity index is 365. The van der Waals surface area contributed by atoms with Gasteiger partial charge < -0.3 is 0 Å². The molecule has 1 unspecified atom stereocenters. The van der Waals surface area contributed by atoms with Gasteiger partial charge in [-0.2, -0.15) is 13.2 Å². The molecule has 0 amide bonds. The van der Waals surface area contributed by atoms with Crippen molar-refractivity contribution in [3.8, 4) is 0 Å². The van der Waals surface area contributed by atoms with Crippen LogP contribution in [0, 0.1) is 12.8 Å². The summed E-state index contributed by atoms with van der Waals surface area (Å²) in [5.41, 5.74) is -1.69. The fourth-order valence-electron chi connectivity index (χ4n) is 1.73. The largest absolute Gasteiger partial charge is 0.441 e. The SMILES string of the molecule is Cc1ccccc1CC(CBr)CCSC(F)(F)F. The normalized spacial score (nSPS) is 13.6. The molecule has 0 radical (unpaired) electrons. The predicted molar refractivity (Wildman–Crippen MR) is 75.3 cm³/mol. The highest BCUT2D eigenvalue weighted by Gasteiger charge is 2.28. The minimum atomic E-state index is -4.11. The summed E-state index contributed by atoms with van der Waals surface area (Å²) >= 11 is 3.46. The molecule has 0 saturated carbocycles. The predicted octanol–water partition coefficient (Wildman–Crippen LogP) is 5.19. The van der Waals surface area contributed by atoms with Crippen LogP contribution in [0.25, 0.3) is 0 Å². The van der Waals surface area contributed by atoms with Gasteiger partial charge in [0.2, 0.25) is 0 Å². The van der Waals surface area contributed by atoms with E-state index < -0.39 is 5.51 Å². The summed E-state index contributed by atoms with van der Waals surface area (Å²) in [5, 5.41) is 0.736. The number of halogens is 4. The van der Waals surface area contributed by atoms with Crippen molar-refractivity contribution in [1.29, 1.82) is 0 Å². The molecule has 1 rings (SSSR count). The van der Waals surface area contributed by atoms with Gasteiger partial charge in [-0.1, -0.05) is 52.0 Å². The quantitative estimate of drug-likeness (QED) is 0.642. The van der Waals surface area contributed by atoms with E-state index in [-0.39, 0.29) is 23.4 Å². The number of aryl methyl sites for hydroxylation is 1. The average Bonchev–Trinajstić information content (AvgIpc) is 2.29. The highest BCUT2D eigenvalue weighted by atomic mass is 79.9. The van der Waals surface area contributed by atoms with Gasteiger partial charge in [-0.15, -0.1) is 0 Å². The third-order valence-corrected chi connectivity index (χ3v) is 4.46. The van der Waals surface area contributed by atoms with Crippen LogP contribution in [-0.4, -0.2) is 16.6 Å². The van der Waals surface area contributed by atoms with Gasteiger partial charge in [-0.05, 0) is 36.8 Å². The second kappa shape index (κ2) is 7.43. The minimum absolute atomic E-state index is 0.0712. The Morgan fingerprint density at radius 2 is 1.94 bits per heavy atom. The van der Waals surface area contributed by atoms with Gasteiger partial charge in [0.1, 0.15) is 0 Å². The number of thioether (sulfide) groups is 1. The maximum atomic E-state index is 12.1. The van der Waals surface area contributed by atoms with Gasteiger partial charge in [0.15, 0.2) is 0 Å². The first-order valence-electron chi connectivity index (χ1n) is 5.73. The Morgan fingerprint density at radius 3 is 2.50 bits per heavy atom. The fraction of sp³-hybridized carbons (Fsp3) is 0.538. The van der Waals surface area contributed by atoms with E-state index in [1.165, 1.54) is 11.1 Å². The van der Waals surface area contributed by atoms with E-state index in [2.05, 4.69) is 15.9 Å². The van der Waals surface area contributed by atoms with Crippen molar-refractivity contribution in [2.75, 3.05) is 11.1 Å². The van der Waals surface area contributed by atoms with Crippen LogP contribution in [0.4, 0.5) is 13.2 Å². The number of rotatable bonds is 6. The molecular weight excluding hydrogens is 325 g/mol. The Labute approximate surface area is 118 Å². The monoisotopic (exact) mass is 340 g/mol. The van der Waals surface area contributed by atoms with E-state index in [1.807, 2.05) is 31.2 Å². The van der Waals surface area contributed by atoms with Crippen LogP contribution >= 0.6 is 27.7 Å². The Morgan fingerprint density at radius 1 is 1.28 bits per heavy atom.